The minimum atomic E-state index is -0.105. The highest BCUT2D eigenvalue weighted by Gasteiger charge is 2.23. The van der Waals surface area contributed by atoms with E-state index in [1.807, 2.05) is 38.1 Å². The van der Waals surface area contributed by atoms with Crippen molar-refractivity contribution in [1.82, 2.24) is 5.32 Å². The number of rotatable bonds is 5. The third kappa shape index (κ3) is 3.96. The minimum Gasteiger partial charge on any atom is -0.484 e. The predicted molar refractivity (Wildman–Crippen MR) is 73.3 cm³/mol. The molecule has 1 fully saturated rings. The molecule has 1 aromatic rings. The summed E-state index contributed by atoms with van der Waals surface area (Å²) in [4.78, 5) is 11.8. The molecule has 1 aromatic carbocycles. The molecule has 0 radical (unpaired) electrons. The first-order valence-corrected chi connectivity index (χ1v) is 6.76. The summed E-state index contributed by atoms with van der Waals surface area (Å²) in [5.74, 6) is 0.647. The summed E-state index contributed by atoms with van der Waals surface area (Å²) in [5.41, 5.74) is 1.03. The van der Waals surface area contributed by atoms with E-state index in [0.29, 0.717) is 0 Å². The topological polar surface area (TPSA) is 47.6 Å². The second kappa shape index (κ2) is 6.57. The van der Waals surface area contributed by atoms with Crippen LogP contribution in [0.4, 0.5) is 0 Å². The van der Waals surface area contributed by atoms with E-state index in [1.54, 1.807) is 0 Å². The number of carbonyl (C=O) groups excluding carboxylic acids is 1. The van der Waals surface area contributed by atoms with E-state index in [-0.39, 0.29) is 24.7 Å². The van der Waals surface area contributed by atoms with Crippen LogP contribution in [0.5, 0.6) is 5.75 Å². The molecule has 19 heavy (non-hydrogen) atoms. The van der Waals surface area contributed by atoms with E-state index in [0.717, 1.165) is 30.8 Å². The van der Waals surface area contributed by atoms with Crippen LogP contribution < -0.4 is 10.1 Å². The van der Waals surface area contributed by atoms with Gasteiger partial charge >= 0.3 is 0 Å². The van der Waals surface area contributed by atoms with Gasteiger partial charge in [0.2, 0.25) is 0 Å². The minimum absolute atomic E-state index is 0.0375. The summed E-state index contributed by atoms with van der Waals surface area (Å²) in [5, 5.41) is 2.92. The van der Waals surface area contributed by atoms with Gasteiger partial charge in [-0.1, -0.05) is 18.2 Å². The molecule has 1 saturated heterocycles. The molecule has 0 bridgehead atoms. The molecule has 0 aliphatic carbocycles. The Hall–Kier alpha value is -1.55. The number of benzene rings is 1. The lowest BCUT2D eigenvalue weighted by Gasteiger charge is -2.20. The lowest BCUT2D eigenvalue weighted by atomic mass is 10.1. The van der Waals surface area contributed by atoms with Crippen molar-refractivity contribution in [2.24, 2.45) is 0 Å². The van der Waals surface area contributed by atoms with Crippen LogP contribution in [0.3, 0.4) is 0 Å². The number of hydrogen-bond donors (Lipinski definition) is 1. The van der Waals surface area contributed by atoms with Crippen molar-refractivity contribution in [2.45, 2.75) is 38.8 Å². The molecule has 4 heteroatoms. The van der Waals surface area contributed by atoms with Crippen molar-refractivity contribution in [2.75, 3.05) is 13.2 Å². The van der Waals surface area contributed by atoms with E-state index in [1.165, 1.54) is 0 Å². The van der Waals surface area contributed by atoms with Crippen LogP contribution in [-0.4, -0.2) is 31.3 Å². The van der Waals surface area contributed by atoms with Crippen molar-refractivity contribution in [3.05, 3.63) is 29.8 Å². The Kier molecular flexibility index (Phi) is 4.80. The van der Waals surface area contributed by atoms with E-state index in [9.17, 15) is 4.79 Å². The van der Waals surface area contributed by atoms with Gasteiger partial charge in [0, 0.05) is 6.61 Å². The summed E-state index contributed by atoms with van der Waals surface area (Å²) in [6, 6.07) is 7.71. The monoisotopic (exact) mass is 263 g/mol. The van der Waals surface area contributed by atoms with Gasteiger partial charge in [-0.3, -0.25) is 4.79 Å². The third-order valence-corrected chi connectivity index (χ3v) is 3.36. The summed E-state index contributed by atoms with van der Waals surface area (Å²) in [6.07, 6.45) is 2.23. The third-order valence-electron chi connectivity index (χ3n) is 3.36. The number of carbonyl (C=O) groups is 1. The highest BCUT2D eigenvalue weighted by atomic mass is 16.5. The number of ether oxygens (including phenoxy) is 2. The van der Waals surface area contributed by atoms with Crippen LogP contribution in [0.25, 0.3) is 0 Å². The molecule has 1 aliphatic rings. The molecule has 1 aliphatic heterocycles. The maximum Gasteiger partial charge on any atom is 0.258 e. The van der Waals surface area contributed by atoms with Crippen LogP contribution in [0, 0.1) is 6.92 Å². The molecule has 104 valence electrons. The first-order chi connectivity index (χ1) is 9.16. The number of amides is 1. The van der Waals surface area contributed by atoms with Gasteiger partial charge in [-0.2, -0.15) is 0 Å². The van der Waals surface area contributed by atoms with Gasteiger partial charge in [0.05, 0.1) is 12.1 Å². The lowest BCUT2D eigenvalue weighted by molar-refractivity contribution is -0.124. The van der Waals surface area contributed by atoms with Gasteiger partial charge in [0.15, 0.2) is 6.61 Å². The van der Waals surface area contributed by atoms with Crippen LogP contribution in [-0.2, 0) is 9.53 Å². The quantitative estimate of drug-likeness (QED) is 0.884. The molecule has 1 heterocycles. The Morgan fingerprint density at radius 1 is 1.53 bits per heavy atom. The normalized spacial score (nSPS) is 20.0. The molecular formula is C15H21NO3. The summed E-state index contributed by atoms with van der Waals surface area (Å²) in [7, 11) is 0. The SMILES string of the molecule is Cc1ccccc1OCC(=O)NC(C)C1CCCO1. The van der Waals surface area contributed by atoms with Crippen LogP contribution in [0.2, 0.25) is 0 Å². The van der Waals surface area contributed by atoms with E-state index in [2.05, 4.69) is 5.32 Å². The van der Waals surface area contributed by atoms with Crippen molar-refractivity contribution < 1.29 is 14.3 Å². The second-order valence-electron chi connectivity index (χ2n) is 4.96. The van der Waals surface area contributed by atoms with Gasteiger partial charge in [0.25, 0.3) is 5.91 Å². The fourth-order valence-electron chi connectivity index (χ4n) is 2.25. The van der Waals surface area contributed by atoms with Gasteiger partial charge in [-0.05, 0) is 38.3 Å². The molecule has 0 spiro atoms. The average molecular weight is 263 g/mol. The van der Waals surface area contributed by atoms with E-state index in [4.69, 9.17) is 9.47 Å². The zero-order valence-electron chi connectivity index (χ0n) is 11.5. The molecule has 2 unspecified atom stereocenters. The van der Waals surface area contributed by atoms with Gasteiger partial charge in [-0.25, -0.2) is 0 Å². The predicted octanol–water partition coefficient (Wildman–Crippen LogP) is 2.06. The molecule has 1 N–H and O–H groups in total. The van der Waals surface area contributed by atoms with Crippen molar-refractivity contribution in [3.8, 4) is 5.75 Å². The van der Waals surface area contributed by atoms with Gasteiger partial charge < -0.3 is 14.8 Å². The highest BCUT2D eigenvalue weighted by molar-refractivity contribution is 5.77. The molecule has 1 amide bonds. The number of para-hydroxylation sites is 1. The maximum atomic E-state index is 11.8. The zero-order chi connectivity index (χ0) is 13.7. The molecule has 0 aromatic heterocycles. The van der Waals surface area contributed by atoms with Crippen LogP contribution in [0.1, 0.15) is 25.3 Å². The fourth-order valence-corrected chi connectivity index (χ4v) is 2.25. The Morgan fingerprint density at radius 2 is 2.32 bits per heavy atom. The maximum absolute atomic E-state index is 11.8. The Bertz CT molecular complexity index is 427. The van der Waals surface area contributed by atoms with Crippen molar-refractivity contribution in [1.29, 1.82) is 0 Å². The molecular weight excluding hydrogens is 242 g/mol. The largest absolute Gasteiger partial charge is 0.484 e. The summed E-state index contributed by atoms with van der Waals surface area (Å²) < 4.78 is 11.1. The van der Waals surface area contributed by atoms with E-state index < -0.39 is 0 Å². The Balaban J connectivity index is 1.77. The summed E-state index contributed by atoms with van der Waals surface area (Å²) >= 11 is 0. The average Bonchev–Trinajstić information content (AvgIpc) is 2.91. The lowest BCUT2D eigenvalue weighted by Crippen LogP contribution is -2.42. The fraction of sp³-hybridized carbons (Fsp3) is 0.533. The molecule has 0 saturated carbocycles. The van der Waals surface area contributed by atoms with Gasteiger partial charge in [-0.15, -0.1) is 0 Å². The number of aryl methyl sites for hydroxylation is 1. The first-order valence-electron chi connectivity index (χ1n) is 6.76. The standard InChI is InChI=1S/C15H21NO3/c1-11-6-3-4-7-13(11)19-10-15(17)16-12(2)14-8-5-9-18-14/h3-4,6-7,12,14H,5,8-10H2,1-2H3,(H,16,17). The summed E-state index contributed by atoms with van der Waals surface area (Å²) in [6.45, 7) is 4.77. The number of hydrogen-bond acceptors (Lipinski definition) is 3. The molecule has 4 nitrogen and oxygen atoms in total. The smallest absolute Gasteiger partial charge is 0.258 e. The molecule has 2 rings (SSSR count). The van der Waals surface area contributed by atoms with Crippen molar-refractivity contribution in [3.63, 3.8) is 0 Å². The first kappa shape index (κ1) is 13.9. The van der Waals surface area contributed by atoms with Crippen molar-refractivity contribution >= 4 is 5.91 Å². The zero-order valence-corrected chi connectivity index (χ0v) is 11.5. The van der Waals surface area contributed by atoms with Crippen LogP contribution >= 0.6 is 0 Å². The highest BCUT2D eigenvalue weighted by Crippen LogP contribution is 2.17. The second-order valence-corrected chi connectivity index (χ2v) is 4.96. The van der Waals surface area contributed by atoms with E-state index >= 15 is 0 Å². The Morgan fingerprint density at radius 3 is 3.00 bits per heavy atom. The Labute approximate surface area is 114 Å². The van der Waals surface area contributed by atoms with Crippen LogP contribution in [0.15, 0.2) is 24.3 Å². The van der Waals surface area contributed by atoms with Gasteiger partial charge in [0.1, 0.15) is 5.75 Å². The molecule has 2 atom stereocenters. The number of nitrogens with one attached hydrogen (secondary N) is 1.